The molecule has 0 amide bonds. The highest BCUT2D eigenvalue weighted by Crippen LogP contribution is 2.04. The molecule has 1 N–H and O–H groups in total. The van der Waals surface area contributed by atoms with E-state index in [4.69, 9.17) is 14.6 Å². The summed E-state index contributed by atoms with van der Waals surface area (Å²) in [5, 5.41) is 8.47. The zero-order chi connectivity index (χ0) is 17.3. The Labute approximate surface area is 138 Å². The normalized spacial score (nSPS) is 10.3. The van der Waals surface area contributed by atoms with E-state index in [9.17, 15) is 14.4 Å². The van der Waals surface area contributed by atoms with E-state index in [-0.39, 0.29) is 31.2 Å². The SMILES string of the molecule is CCCCCCOC(=O)CCCC(=O)OCCCCCC(=O)O. The number of aliphatic carboxylic acids is 1. The summed E-state index contributed by atoms with van der Waals surface area (Å²) in [6.07, 6.45) is 7.28. The molecule has 6 nitrogen and oxygen atoms in total. The van der Waals surface area contributed by atoms with Crippen LogP contribution in [0.4, 0.5) is 0 Å². The van der Waals surface area contributed by atoms with Gasteiger partial charge in [0.2, 0.25) is 0 Å². The topological polar surface area (TPSA) is 89.9 Å². The average molecular weight is 330 g/mol. The predicted octanol–water partition coefficient (Wildman–Crippen LogP) is 3.47. The second-order valence-electron chi connectivity index (χ2n) is 5.56. The fraction of sp³-hybridized carbons (Fsp3) is 0.824. The highest BCUT2D eigenvalue weighted by atomic mass is 16.5. The van der Waals surface area contributed by atoms with Crippen molar-refractivity contribution in [3.8, 4) is 0 Å². The molecule has 0 atom stereocenters. The third-order valence-corrected chi connectivity index (χ3v) is 3.32. The van der Waals surface area contributed by atoms with Gasteiger partial charge in [0.05, 0.1) is 13.2 Å². The summed E-state index contributed by atoms with van der Waals surface area (Å²) in [5.74, 6) is -1.39. The molecule has 0 aliphatic carbocycles. The van der Waals surface area contributed by atoms with Crippen molar-refractivity contribution in [2.75, 3.05) is 13.2 Å². The fourth-order valence-corrected chi connectivity index (χ4v) is 1.98. The first-order chi connectivity index (χ1) is 11.1. The number of hydrogen-bond donors (Lipinski definition) is 1. The minimum Gasteiger partial charge on any atom is -0.481 e. The summed E-state index contributed by atoms with van der Waals surface area (Å²) < 4.78 is 10.1. The van der Waals surface area contributed by atoms with Crippen molar-refractivity contribution < 1.29 is 29.0 Å². The Morgan fingerprint density at radius 2 is 1.22 bits per heavy atom. The summed E-state index contributed by atoms with van der Waals surface area (Å²) in [4.78, 5) is 33.2. The van der Waals surface area contributed by atoms with E-state index < -0.39 is 5.97 Å². The molecule has 0 aliphatic heterocycles. The van der Waals surface area contributed by atoms with Gasteiger partial charge < -0.3 is 14.6 Å². The Morgan fingerprint density at radius 3 is 1.70 bits per heavy atom. The van der Waals surface area contributed by atoms with Crippen molar-refractivity contribution >= 4 is 17.9 Å². The van der Waals surface area contributed by atoms with Crippen LogP contribution < -0.4 is 0 Å². The standard InChI is InChI=1S/C17H30O6/c1-2-3-4-7-13-22-16(20)11-9-12-17(21)23-14-8-5-6-10-15(18)19/h2-14H2,1H3,(H,18,19). The molecule has 0 aromatic carbocycles. The van der Waals surface area contributed by atoms with Crippen LogP contribution in [0.25, 0.3) is 0 Å². The van der Waals surface area contributed by atoms with Gasteiger partial charge in [0.15, 0.2) is 0 Å². The van der Waals surface area contributed by atoms with Crippen molar-refractivity contribution in [2.24, 2.45) is 0 Å². The summed E-state index contributed by atoms with van der Waals surface area (Å²) in [7, 11) is 0. The number of esters is 2. The largest absolute Gasteiger partial charge is 0.481 e. The van der Waals surface area contributed by atoms with Crippen LogP contribution in [0.15, 0.2) is 0 Å². The lowest BCUT2D eigenvalue weighted by atomic mass is 10.2. The molecule has 0 spiro atoms. The van der Waals surface area contributed by atoms with Crippen LogP contribution in [0, 0.1) is 0 Å². The van der Waals surface area contributed by atoms with Gasteiger partial charge in [-0.1, -0.05) is 26.2 Å². The van der Waals surface area contributed by atoms with Crippen molar-refractivity contribution in [1.82, 2.24) is 0 Å². The van der Waals surface area contributed by atoms with Crippen LogP contribution in [-0.2, 0) is 23.9 Å². The molecular weight excluding hydrogens is 300 g/mol. The van der Waals surface area contributed by atoms with Crippen molar-refractivity contribution in [2.45, 2.75) is 77.6 Å². The zero-order valence-corrected chi connectivity index (χ0v) is 14.2. The molecule has 0 aromatic heterocycles. The maximum atomic E-state index is 11.4. The Kier molecular flexibility index (Phi) is 14.3. The van der Waals surface area contributed by atoms with Gasteiger partial charge >= 0.3 is 17.9 Å². The highest BCUT2D eigenvalue weighted by molar-refractivity contribution is 5.72. The lowest BCUT2D eigenvalue weighted by Gasteiger charge is -2.05. The molecule has 134 valence electrons. The molecule has 0 heterocycles. The van der Waals surface area contributed by atoms with Crippen LogP contribution in [0.3, 0.4) is 0 Å². The summed E-state index contributed by atoms with van der Waals surface area (Å²) in [5.41, 5.74) is 0. The van der Waals surface area contributed by atoms with Gasteiger partial charge in [0, 0.05) is 19.3 Å². The molecule has 0 rings (SSSR count). The highest BCUT2D eigenvalue weighted by Gasteiger charge is 2.07. The van der Waals surface area contributed by atoms with Gasteiger partial charge in [-0.05, 0) is 32.1 Å². The van der Waals surface area contributed by atoms with Crippen LogP contribution >= 0.6 is 0 Å². The van der Waals surface area contributed by atoms with Gasteiger partial charge in [-0.25, -0.2) is 0 Å². The third-order valence-electron chi connectivity index (χ3n) is 3.32. The zero-order valence-electron chi connectivity index (χ0n) is 14.2. The molecule has 0 radical (unpaired) electrons. The maximum Gasteiger partial charge on any atom is 0.305 e. The average Bonchev–Trinajstić information content (AvgIpc) is 2.50. The minimum atomic E-state index is -0.806. The van der Waals surface area contributed by atoms with Gasteiger partial charge in [0.1, 0.15) is 0 Å². The monoisotopic (exact) mass is 330 g/mol. The predicted molar refractivity (Wildman–Crippen MR) is 86.0 cm³/mol. The minimum absolute atomic E-state index is 0.147. The molecule has 0 unspecified atom stereocenters. The smallest absolute Gasteiger partial charge is 0.305 e. The Hall–Kier alpha value is -1.59. The van der Waals surface area contributed by atoms with E-state index in [1.54, 1.807) is 0 Å². The molecule has 0 saturated heterocycles. The van der Waals surface area contributed by atoms with E-state index >= 15 is 0 Å². The molecule has 0 saturated carbocycles. The number of carboxylic acids is 1. The summed E-state index contributed by atoms with van der Waals surface area (Å²) in [6.45, 7) is 2.89. The van der Waals surface area contributed by atoms with E-state index in [1.165, 1.54) is 0 Å². The number of carbonyl (C=O) groups excluding carboxylic acids is 2. The van der Waals surface area contributed by atoms with Crippen LogP contribution in [0.2, 0.25) is 0 Å². The summed E-state index contributed by atoms with van der Waals surface area (Å²) in [6, 6.07) is 0. The van der Waals surface area contributed by atoms with E-state index in [0.717, 1.165) is 32.1 Å². The Morgan fingerprint density at radius 1 is 0.696 bits per heavy atom. The molecule has 6 heteroatoms. The summed E-state index contributed by atoms with van der Waals surface area (Å²) >= 11 is 0. The number of rotatable bonds is 15. The van der Waals surface area contributed by atoms with E-state index in [1.807, 2.05) is 0 Å². The Bertz CT molecular complexity index is 340. The molecular formula is C17H30O6. The van der Waals surface area contributed by atoms with Crippen LogP contribution in [-0.4, -0.2) is 36.2 Å². The first-order valence-electron chi connectivity index (χ1n) is 8.59. The first kappa shape index (κ1) is 21.4. The van der Waals surface area contributed by atoms with Crippen molar-refractivity contribution in [1.29, 1.82) is 0 Å². The molecule has 0 aromatic rings. The van der Waals surface area contributed by atoms with Gasteiger partial charge in [0.25, 0.3) is 0 Å². The maximum absolute atomic E-state index is 11.4. The first-order valence-corrected chi connectivity index (χ1v) is 8.59. The molecule has 0 bridgehead atoms. The second kappa shape index (κ2) is 15.3. The van der Waals surface area contributed by atoms with Crippen molar-refractivity contribution in [3.05, 3.63) is 0 Å². The van der Waals surface area contributed by atoms with Gasteiger partial charge in [-0.2, -0.15) is 0 Å². The number of ether oxygens (including phenoxy) is 2. The quantitative estimate of drug-likeness (QED) is 0.365. The number of carbonyl (C=O) groups is 3. The van der Waals surface area contributed by atoms with Gasteiger partial charge in [-0.3, -0.25) is 14.4 Å². The number of carboxylic acid groups (broad SMARTS) is 1. The van der Waals surface area contributed by atoms with Crippen LogP contribution in [0.1, 0.15) is 77.6 Å². The molecule has 0 aliphatic rings. The molecule has 23 heavy (non-hydrogen) atoms. The van der Waals surface area contributed by atoms with E-state index in [2.05, 4.69) is 6.92 Å². The third kappa shape index (κ3) is 16.6. The van der Waals surface area contributed by atoms with Crippen LogP contribution in [0.5, 0.6) is 0 Å². The fourth-order valence-electron chi connectivity index (χ4n) is 1.98. The number of unbranched alkanes of at least 4 members (excludes halogenated alkanes) is 5. The van der Waals surface area contributed by atoms with Crippen molar-refractivity contribution in [3.63, 3.8) is 0 Å². The lowest BCUT2D eigenvalue weighted by Crippen LogP contribution is -2.09. The number of hydrogen-bond acceptors (Lipinski definition) is 5. The second-order valence-corrected chi connectivity index (χ2v) is 5.56. The lowest BCUT2D eigenvalue weighted by molar-refractivity contribution is -0.146. The van der Waals surface area contributed by atoms with Gasteiger partial charge in [-0.15, -0.1) is 0 Å². The Balaban J connectivity index is 3.38. The van der Waals surface area contributed by atoms with E-state index in [0.29, 0.717) is 32.5 Å². The molecule has 0 fully saturated rings.